The quantitative estimate of drug-likeness (QED) is 0.629. The summed E-state index contributed by atoms with van der Waals surface area (Å²) in [7, 11) is 0. The predicted octanol–water partition coefficient (Wildman–Crippen LogP) is 4.69. The van der Waals surface area contributed by atoms with Crippen molar-refractivity contribution in [2.75, 3.05) is 11.2 Å². The van der Waals surface area contributed by atoms with Crippen molar-refractivity contribution in [3.63, 3.8) is 0 Å². The van der Waals surface area contributed by atoms with E-state index in [1.165, 1.54) is 16.2 Å². The van der Waals surface area contributed by atoms with E-state index in [1.807, 2.05) is 0 Å². The smallest absolute Gasteiger partial charge is 0.239 e. The average Bonchev–Trinajstić information content (AvgIpc) is 2.92. The molecule has 1 heterocycles. The first-order valence-corrected chi connectivity index (χ1v) is 9.13. The number of hydrogen-bond donors (Lipinski definition) is 1. The van der Waals surface area contributed by atoms with Crippen LogP contribution < -0.4 is 5.32 Å². The molecule has 0 spiro atoms. The van der Waals surface area contributed by atoms with Gasteiger partial charge in [-0.25, -0.2) is 0 Å². The number of aryl methyl sites for hydroxylation is 1. The van der Waals surface area contributed by atoms with Gasteiger partial charge in [0.1, 0.15) is 10.9 Å². The summed E-state index contributed by atoms with van der Waals surface area (Å²) in [6.45, 7) is 0. The van der Waals surface area contributed by atoms with Gasteiger partial charge >= 0.3 is 0 Å². The Balaban J connectivity index is 2.04. The molecule has 23 heavy (non-hydrogen) atoms. The molecule has 3 rings (SSSR count). The fourth-order valence-electron chi connectivity index (χ4n) is 2.80. The Morgan fingerprint density at radius 3 is 2.52 bits per heavy atom. The number of hydrogen-bond acceptors (Lipinski definition) is 3. The molecular weight excluding hydrogens is 353 g/mol. The third-order valence-electron chi connectivity index (χ3n) is 3.88. The van der Waals surface area contributed by atoms with E-state index in [-0.39, 0.29) is 17.6 Å². The highest BCUT2D eigenvalue weighted by molar-refractivity contribution is 7.17. The Hall–Kier alpha value is -1.36. The summed E-state index contributed by atoms with van der Waals surface area (Å²) >= 11 is 13.0. The van der Waals surface area contributed by atoms with Gasteiger partial charge in [0.05, 0.1) is 5.56 Å². The van der Waals surface area contributed by atoms with E-state index in [2.05, 4.69) is 5.32 Å². The second kappa shape index (κ2) is 7.04. The Morgan fingerprint density at radius 1 is 1.13 bits per heavy atom. The van der Waals surface area contributed by atoms with E-state index in [4.69, 9.17) is 23.2 Å². The maximum atomic E-state index is 13.0. The zero-order valence-corrected chi connectivity index (χ0v) is 14.7. The number of carbonyl (C=O) groups excluding carboxylic acids is 2. The zero-order valence-electron chi connectivity index (χ0n) is 12.3. The number of anilines is 1. The first kappa shape index (κ1) is 16.5. The van der Waals surface area contributed by atoms with Gasteiger partial charge in [-0.3, -0.25) is 9.59 Å². The molecule has 0 saturated carbocycles. The van der Waals surface area contributed by atoms with Gasteiger partial charge in [0.2, 0.25) is 5.91 Å². The minimum Gasteiger partial charge on any atom is -0.316 e. The third kappa shape index (κ3) is 3.44. The van der Waals surface area contributed by atoms with Gasteiger partial charge in [0.15, 0.2) is 5.78 Å². The first-order valence-electron chi connectivity index (χ1n) is 7.40. The van der Waals surface area contributed by atoms with Crippen molar-refractivity contribution in [3.8, 4) is 0 Å². The maximum Gasteiger partial charge on any atom is 0.239 e. The number of amides is 1. The lowest BCUT2D eigenvalue weighted by Gasteiger charge is -2.12. The number of fused-ring (bicyclic) bond motifs is 1. The topological polar surface area (TPSA) is 46.2 Å². The van der Waals surface area contributed by atoms with Crippen LogP contribution in [0.3, 0.4) is 0 Å². The van der Waals surface area contributed by atoms with Crippen LogP contribution in [0, 0.1) is 0 Å². The molecule has 0 fully saturated rings. The van der Waals surface area contributed by atoms with Crippen molar-refractivity contribution >= 4 is 51.2 Å². The molecule has 1 aromatic carbocycles. The molecule has 0 unspecified atom stereocenters. The zero-order chi connectivity index (χ0) is 16.4. The van der Waals surface area contributed by atoms with Crippen molar-refractivity contribution in [3.05, 3.63) is 50.9 Å². The number of nitrogens with one attached hydrogen (secondary N) is 1. The molecule has 120 valence electrons. The molecule has 2 aromatic rings. The summed E-state index contributed by atoms with van der Waals surface area (Å²) in [4.78, 5) is 25.8. The minimum atomic E-state index is -0.296. The van der Waals surface area contributed by atoms with Crippen LogP contribution in [-0.2, 0) is 17.6 Å². The van der Waals surface area contributed by atoms with Crippen LogP contribution in [0.15, 0.2) is 24.3 Å². The number of carbonyl (C=O) groups is 2. The number of thiophene rings is 1. The van der Waals surface area contributed by atoms with E-state index in [9.17, 15) is 9.59 Å². The molecular formula is C17H15Cl2NO2S. The van der Waals surface area contributed by atoms with E-state index >= 15 is 0 Å². The second-order valence-corrected chi connectivity index (χ2v) is 7.24. The van der Waals surface area contributed by atoms with Crippen LogP contribution in [0.5, 0.6) is 0 Å². The van der Waals surface area contributed by atoms with E-state index in [0.29, 0.717) is 21.2 Å². The van der Waals surface area contributed by atoms with Crippen LogP contribution in [0.4, 0.5) is 5.00 Å². The molecule has 1 aliphatic rings. The number of alkyl halides is 1. The largest absolute Gasteiger partial charge is 0.316 e. The average molecular weight is 368 g/mol. The normalized spacial score (nSPS) is 13.5. The summed E-state index contributed by atoms with van der Waals surface area (Å²) < 4.78 is 0. The van der Waals surface area contributed by atoms with Gasteiger partial charge in [-0.05, 0) is 55.5 Å². The van der Waals surface area contributed by atoms with Gasteiger partial charge < -0.3 is 5.32 Å². The molecule has 3 nitrogen and oxygen atoms in total. The lowest BCUT2D eigenvalue weighted by Crippen LogP contribution is -2.15. The molecule has 1 N–H and O–H groups in total. The van der Waals surface area contributed by atoms with Crippen LogP contribution in [0.1, 0.15) is 39.2 Å². The molecule has 1 aromatic heterocycles. The summed E-state index contributed by atoms with van der Waals surface area (Å²) in [6, 6.07) is 6.82. The molecule has 1 amide bonds. The maximum absolute atomic E-state index is 13.0. The lowest BCUT2D eigenvalue weighted by atomic mass is 9.92. The highest BCUT2D eigenvalue weighted by atomic mass is 35.5. The third-order valence-corrected chi connectivity index (χ3v) is 5.58. The highest BCUT2D eigenvalue weighted by Gasteiger charge is 2.26. The summed E-state index contributed by atoms with van der Waals surface area (Å²) in [6.07, 6.45) is 4.01. The molecule has 1 aliphatic carbocycles. The number of rotatable bonds is 4. The fraction of sp³-hybridized carbons (Fsp3) is 0.294. The van der Waals surface area contributed by atoms with E-state index in [1.54, 1.807) is 24.3 Å². The van der Waals surface area contributed by atoms with Gasteiger partial charge in [-0.2, -0.15) is 0 Å². The lowest BCUT2D eigenvalue weighted by molar-refractivity contribution is -0.113. The van der Waals surface area contributed by atoms with E-state index in [0.717, 1.165) is 31.2 Å². The summed E-state index contributed by atoms with van der Waals surface area (Å²) in [5.74, 6) is -0.502. The summed E-state index contributed by atoms with van der Waals surface area (Å²) in [5, 5.41) is 3.98. The Kier molecular flexibility index (Phi) is 5.05. The molecule has 0 bridgehead atoms. The number of halogens is 2. The Bertz CT molecular complexity index is 753. The number of benzene rings is 1. The molecule has 6 heteroatoms. The minimum absolute atomic E-state index is 0.0778. The monoisotopic (exact) mass is 367 g/mol. The van der Waals surface area contributed by atoms with Crippen molar-refractivity contribution in [1.82, 2.24) is 0 Å². The van der Waals surface area contributed by atoms with Crippen molar-refractivity contribution in [2.45, 2.75) is 25.7 Å². The van der Waals surface area contributed by atoms with Gasteiger partial charge in [0, 0.05) is 15.5 Å². The molecule has 0 atom stereocenters. The highest BCUT2D eigenvalue weighted by Crippen LogP contribution is 2.39. The number of ketones is 1. The predicted molar refractivity (Wildman–Crippen MR) is 95.2 cm³/mol. The van der Waals surface area contributed by atoms with Crippen molar-refractivity contribution in [2.24, 2.45) is 0 Å². The van der Waals surface area contributed by atoms with Crippen molar-refractivity contribution in [1.29, 1.82) is 0 Å². The molecule has 0 aliphatic heterocycles. The fourth-order valence-corrected chi connectivity index (χ4v) is 4.30. The Labute approximate surface area is 148 Å². The van der Waals surface area contributed by atoms with E-state index < -0.39 is 0 Å². The summed E-state index contributed by atoms with van der Waals surface area (Å²) in [5.41, 5.74) is 2.26. The standard InChI is InChI=1S/C17H15Cl2NO2S/c18-9-14(21)20-17-15(12-3-1-2-4-13(12)23-17)16(22)10-5-7-11(19)8-6-10/h5-8H,1-4,9H2,(H,20,21). The SMILES string of the molecule is O=C(CCl)Nc1sc2c(c1C(=O)c1ccc(Cl)cc1)CCCC2. The molecule has 0 saturated heterocycles. The molecule has 0 radical (unpaired) electrons. The van der Waals surface area contributed by atoms with Crippen LogP contribution >= 0.6 is 34.5 Å². The van der Waals surface area contributed by atoms with Gasteiger partial charge in [-0.1, -0.05) is 11.6 Å². The van der Waals surface area contributed by atoms with Gasteiger partial charge in [-0.15, -0.1) is 22.9 Å². The second-order valence-electron chi connectivity index (χ2n) is 5.43. The van der Waals surface area contributed by atoms with Gasteiger partial charge in [0.25, 0.3) is 0 Å². The van der Waals surface area contributed by atoms with Crippen molar-refractivity contribution < 1.29 is 9.59 Å². The Morgan fingerprint density at radius 2 is 1.83 bits per heavy atom. The van der Waals surface area contributed by atoms with Crippen LogP contribution in [0.25, 0.3) is 0 Å². The van der Waals surface area contributed by atoms with Crippen LogP contribution in [-0.4, -0.2) is 17.6 Å². The van der Waals surface area contributed by atoms with Crippen LogP contribution in [0.2, 0.25) is 5.02 Å². The first-order chi connectivity index (χ1) is 11.1.